The van der Waals surface area contributed by atoms with Crippen LogP contribution in [0.25, 0.3) is 0 Å². The number of nitrogens with zero attached hydrogens (tertiary/aromatic N) is 1. The van der Waals surface area contributed by atoms with Gasteiger partial charge in [-0.1, -0.05) is 30.3 Å². The Morgan fingerprint density at radius 3 is 2.64 bits per heavy atom. The van der Waals surface area contributed by atoms with Crippen LogP contribution in [0.4, 0.5) is 4.39 Å². The summed E-state index contributed by atoms with van der Waals surface area (Å²) in [5.41, 5.74) is 0. The second-order valence-electron chi connectivity index (χ2n) is 6.19. The Morgan fingerprint density at radius 1 is 1.08 bits per heavy atom. The number of carbonyl (C=O) groups is 1. The van der Waals surface area contributed by atoms with Crippen LogP contribution in [0.2, 0.25) is 0 Å². The summed E-state index contributed by atoms with van der Waals surface area (Å²) in [6.45, 7) is 1.79. The van der Waals surface area contributed by atoms with Gasteiger partial charge in [0.1, 0.15) is 5.75 Å². The summed E-state index contributed by atoms with van der Waals surface area (Å²) in [5.74, 6) is 0.765. The van der Waals surface area contributed by atoms with Crippen molar-refractivity contribution in [1.29, 1.82) is 0 Å². The number of para-hydroxylation sites is 2. The fraction of sp³-hybridized carbons (Fsp3) is 0.350. The molecule has 0 aliphatic carbocycles. The second-order valence-corrected chi connectivity index (χ2v) is 6.19. The van der Waals surface area contributed by atoms with Gasteiger partial charge in [-0.25, -0.2) is 4.39 Å². The number of hydrogen-bond acceptors (Lipinski definition) is 3. The van der Waals surface area contributed by atoms with Crippen molar-refractivity contribution < 1.29 is 18.7 Å². The van der Waals surface area contributed by atoms with Gasteiger partial charge in [0.05, 0.1) is 6.61 Å². The van der Waals surface area contributed by atoms with Gasteiger partial charge in [-0.3, -0.25) is 4.79 Å². The first-order valence-corrected chi connectivity index (χ1v) is 8.55. The van der Waals surface area contributed by atoms with Crippen molar-refractivity contribution in [3.05, 3.63) is 60.4 Å². The van der Waals surface area contributed by atoms with Gasteiger partial charge < -0.3 is 14.4 Å². The predicted octanol–water partition coefficient (Wildman–Crippen LogP) is 3.52. The van der Waals surface area contributed by atoms with Crippen LogP contribution in [-0.4, -0.2) is 37.1 Å². The molecule has 2 aromatic rings. The van der Waals surface area contributed by atoms with E-state index in [4.69, 9.17) is 9.47 Å². The fourth-order valence-electron chi connectivity index (χ4n) is 2.95. The highest BCUT2D eigenvalue weighted by Gasteiger charge is 2.24. The molecule has 1 unspecified atom stereocenters. The van der Waals surface area contributed by atoms with Crippen molar-refractivity contribution in [3.63, 3.8) is 0 Å². The van der Waals surface area contributed by atoms with Crippen molar-refractivity contribution in [2.75, 3.05) is 26.3 Å². The lowest BCUT2D eigenvalue weighted by molar-refractivity contribution is -0.135. The first-order chi connectivity index (χ1) is 12.2. The van der Waals surface area contributed by atoms with Crippen LogP contribution in [0.15, 0.2) is 54.6 Å². The van der Waals surface area contributed by atoms with E-state index < -0.39 is 0 Å². The van der Waals surface area contributed by atoms with E-state index in [0.29, 0.717) is 18.9 Å². The maximum Gasteiger partial charge on any atom is 0.260 e. The molecular formula is C20H22FNO3. The molecule has 0 N–H and O–H groups in total. The van der Waals surface area contributed by atoms with Crippen molar-refractivity contribution >= 4 is 5.91 Å². The molecule has 5 heteroatoms. The Labute approximate surface area is 147 Å². The van der Waals surface area contributed by atoms with Gasteiger partial charge in [-0.15, -0.1) is 0 Å². The molecule has 1 fully saturated rings. The van der Waals surface area contributed by atoms with Gasteiger partial charge in [-0.05, 0) is 37.1 Å². The van der Waals surface area contributed by atoms with Crippen LogP contribution < -0.4 is 9.47 Å². The van der Waals surface area contributed by atoms with Gasteiger partial charge in [-0.2, -0.15) is 0 Å². The maximum atomic E-state index is 13.6. The molecular weight excluding hydrogens is 321 g/mol. The minimum atomic E-state index is -0.359. The average Bonchev–Trinajstić information content (AvgIpc) is 2.66. The lowest BCUT2D eigenvalue weighted by atomic mass is 9.99. The zero-order chi connectivity index (χ0) is 17.5. The monoisotopic (exact) mass is 343 g/mol. The van der Waals surface area contributed by atoms with E-state index in [1.165, 1.54) is 6.07 Å². The van der Waals surface area contributed by atoms with Crippen LogP contribution in [0.5, 0.6) is 11.5 Å². The van der Waals surface area contributed by atoms with E-state index in [0.717, 1.165) is 19.4 Å². The van der Waals surface area contributed by atoms with E-state index in [-0.39, 0.29) is 30.0 Å². The Kier molecular flexibility index (Phi) is 5.88. The zero-order valence-electron chi connectivity index (χ0n) is 14.1. The molecule has 1 heterocycles. The standard InChI is InChI=1S/C20H22FNO3/c21-18-10-4-5-11-19(18)25-14-16-7-6-12-22(13-16)20(23)15-24-17-8-2-1-3-9-17/h1-5,8-11,16H,6-7,12-15H2. The molecule has 0 aromatic heterocycles. The Bertz CT molecular complexity index is 692. The molecule has 25 heavy (non-hydrogen) atoms. The molecule has 0 radical (unpaired) electrons. The zero-order valence-corrected chi connectivity index (χ0v) is 14.1. The van der Waals surface area contributed by atoms with Crippen molar-refractivity contribution in [2.24, 2.45) is 5.92 Å². The Hall–Kier alpha value is -2.56. The predicted molar refractivity (Wildman–Crippen MR) is 93.1 cm³/mol. The summed E-state index contributed by atoms with van der Waals surface area (Å²) in [6, 6.07) is 15.7. The molecule has 1 aliphatic rings. The van der Waals surface area contributed by atoms with Crippen LogP contribution in [0.1, 0.15) is 12.8 Å². The molecule has 0 bridgehead atoms. The summed E-state index contributed by atoms with van der Waals surface area (Å²) in [6.07, 6.45) is 1.89. The van der Waals surface area contributed by atoms with E-state index in [1.54, 1.807) is 18.2 Å². The molecule has 4 nitrogen and oxygen atoms in total. The summed E-state index contributed by atoms with van der Waals surface area (Å²) >= 11 is 0. The Balaban J connectivity index is 1.47. The number of benzene rings is 2. The average molecular weight is 343 g/mol. The third-order valence-corrected chi connectivity index (χ3v) is 4.29. The number of hydrogen-bond donors (Lipinski definition) is 0. The maximum absolute atomic E-state index is 13.6. The molecule has 0 saturated carbocycles. The largest absolute Gasteiger partial charge is 0.490 e. The van der Waals surface area contributed by atoms with Gasteiger partial charge in [0.25, 0.3) is 5.91 Å². The minimum absolute atomic E-state index is 0.0283. The van der Waals surface area contributed by atoms with Crippen molar-refractivity contribution in [2.45, 2.75) is 12.8 Å². The summed E-state index contributed by atoms with van der Waals surface area (Å²) in [5, 5.41) is 0. The highest BCUT2D eigenvalue weighted by atomic mass is 19.1. The van der Waals surface area contributed by atoms with Crippen molar-refractivity contribution in [1.82, 2.24) is 4.90 Å². The number of rotatable bonds is 6. The lowest BCUT2D eigenvalue weighted by Crippen LogP contribution is -2.43. The van der Waals surface area contributed by atoms with E-state index in [2.05, 4.69) is 0 Å². The van der Waals surface area contributed by atoms with E-state index in [9.17, 15) is 9.18 Å². The van der Waals surface area contributed by atoms with Gasteiger partial charge in [0, 0.05) is 19.0 Å². The molecule has 1 saturated heterocycles. The quantitative estimate of drug-likeness (QED) is 0.805. The molecule has 1 amide bonds. The molecule has 132 valence electrons. The minimum Gasteiger partial charge on any atom is -0.490 e. The number of ether oxygens (including phenoxy) is 2. The molecule has 2 aromatic carbocycles. The lowest BCUT2D eigenvalue weighted by Gasteiger charge is -2.32. The molecule has 1 aliphatic heterocycles. The molecule has 1 atom stereocenters. The number of halogens is 1. The summed E-state index contributed by atoms with van der Waals surface area (Å²) in [4.78, 5) is 14.2. The fourth-order valence-corrected chi connectivity index (χ4v) is 2.95. The topological polar surface area (TPSA) is 38.8 Å². The normalized spacial score (nSPS) is 17.2. The number of likely N-dealkylation sites (tertiary alicyclic amines) is 1. The number of amides is 1. The van der Waals surface area contributed by atoms with E-state index in [1.807, 2.05) is 35.2 Å². The van der Waals surface area contributed by atoms with Gasteiger partial charge >= 0.3 is 0 Å². The van der Waals surface area contributed by atoms with Crippen LogP contribution in [0.3, 0.4) is 0 Å². The summed E-state index contributed by atoms with van der Waals surface area (Å²) in [7, 11) is 0. The molecule has 3 rings (SSSR count). The number of piperidine rings is 1. The van der Waals surface area contributed by atoms with Crippen LogP contribution >= 0.6 is 0 Å². The third kappa shape index (κ3) is 4.95. The third-order valence-electron chi connectivity index (χ3n) is 4.29. The SMILES string of the molecule is O=C(COc1ccccc1)N1CCCC(COc2ccccc2F)C1. The molecule has 0 spiro atoms. The van der Waals surface area contributed by atoms with E-state index >= 15 is 0 Å². The first-order valence-electron chi connectivity index (χ1n) is 8.55. The number of carbonyl (C=O) groups excluding carboxylic acids is 1. The highest BCUT2D eigenvalue weighted by Crippen LogP contribution is 2.21. The van der Waals surface area contributed by atoms with Gasteiger partial charge in [0.2, 0.25) is 0 Å². The van der Waals surface area contributed by atoms with Crippen LogP contribution in [0, 0.1) is 11.7 Å². The van der Waals surface area contributed by atoms with Crippen LogP contribution in [-0.2, 0) is 4.79 Å². The summed E-state index contributed by atoms with van der Waals surface area (Å²) < 4.78 is 24.7. The Morgan fingerprint density at radius 2 is 1.84 bits per heavy atom. The first kappa shape index (κ1) is 17.3. The van der Waals surface area contributed by atoms with Crippen molar-refractivity contribution in [3.8, 4) is 11.5 Å². The highest BCUT2D eigenvalue weighted by molar-refractivity contribution is 5.77. The smallest absolute Gasteiger partial charge is 0.260 e. The van der Waals surface area contributed by atoms with Gasteiger partial charge in [0.15, 0.2) is 18.2 Å². The second kappa shape index (κ2) is 8.51.